The molecule has 1 aliphatic rings. The highest BCUT2D eigenvalue weighted by Crippen LogP contribution is 2.26. The van der Waals surface area contributed by atoms with Crippen LogP contribution in [0.5, 0.6) is 0 Å². The van der Waals surface area contributed by atoms with Crippen LogP contribution in [0.15, 0.2) is 60.7 Å². The second kappa shape index (κ2) is 6.21. The molecule has 2 nitrogen and oxygen atoms in total. The zero-order valence-corrected chi connectivity index (χ0v) is 11.8. The van der Waals surface area contributed by atoms with Crippen LogP contribution in [-0.2, 0) is 6.54 Å². The molecule has 0 spiro atoms. The number of likely N-dealkylation sites (tertiary alicyclic amines) is 1. The van der Waals surface area contributed by atoms with Crippen LogP contribution in [0.1, 0.15) is 23.5 Å². The summed E-state index contributed by atoms with van der Waals surface area (Å²) in [6.45, 7) is 3.18. The Kier molecular flexibility index (Phi) is 4.14. The normalized spacial score (nSPS) is 23.6. The molecule has 1 aliphatic heterocycles. The fourth-order valence-electron chi connectivity index (χ4n) is 3.08. The van der Waals surface area contributed by atoms with Crippen molar-refractivity contribution in [1.82, 2.24) is 4.90 Å². The monoisotopic (exact) mass is 266 g/mol. The average molecular weight is 266 g/mol. The van der Waals surface area contributed by atoms with E-state index in [-0.39, 0.29) is 6.04 Å². The summed E-state index contributed by atoms with van der Waals surface area (Å²) in [5.74, 6) is 0.452. The molecule has 1 heterocycles. The summed E-state index contributed by atoms with van der Waals surface area (Å²) in [6.07, 6.45) is 1.08. The molecule has 20 heavy (non-hydrogen) atoms. The van der Waals surface area contributed by atoms with Gasteiger partial charge in [0.2, 0.25) is 0 Å². The van der Waals surface area contributed by atoms with Crippen molar-refractivity contribution in [1.29, 1.82) is 0 Å². The molecule has 104 valence electrons. The van der Waals surface area contributed by atoms with Gasteiger partial charge in [0.15, 0.2) is 0 Å². The van der Waals surface area contributed by atoms with Crippen LogP contribution in [0.2, 0.25) is 0 Å². The quantitative estimate of drug-likeness (QED) is 0.925. The lowest BCUT2D eigenvalue weighted by Crippen LogP contribution is -2.45. The van der Waals surface area contributed by atoms with Gasteiger partial charge in [0, 0.05) is 31.6 Å². The van der Waals surface area contributed by atoms with E-state index in [1.807, 2.05) is 0 Å². The van der Waals surface area contributed by atoms with Crippen LogP contribution >= 0.6 is 0 Å². The van der Waals surface area contributed by atoms with E-state index in [9.17, 15) is 0 Å². The topological polar surface area (TPSA) is 29.3 Å². The maximum absolute atomic E-state index is 6.34. The first-order valence-electron chi connectivity index (χ1n) is 7.40. The van der Waals surface area contributed by atoms with E-state index in [1.54, 1.807) is 0 Å². The van der Waals surface area contributed by atoms with Crippen molar-refractivity contribution in [3.63, 3.8) is 0 Å². The Morgan fingerprint density at radius 2 is 1.60 bits per heavy atom. The Labute approximate surface area is 121 Å². The minimum atomic E-state index is 0.282. The van der Waals surface area contributed by atoms with Crippen molar-refractivity contribution in [2.45, 2.75) is 24.9 Å². The molecule has 2 aromatic carbocycles. The zero-order chi connectivity index (χ0) is 13.8. The number of hydrogen-bond donors (Lipinski definition) is 1. The van der Waals surface area contributed by atoms with Gasteiger partial charge in [-0.3, -0.25) is 4.90 Å². The largest absolute Gasteiger partial charge is 0.327 e. The van der Waals surface area contributed by atoms with Crippen molar-refractivity contribution in [3.8, 4) is 0 Å². The highest BCUT2D eigenvalue weighted by molar-refractivity contribution is 5.23. The fraction of sp³-hybridized carbons (Fsp3) is 0.333. The molecule has 2 N–H and O–H groups in total. The van der Waals surface area contributed by atoms with Crippen molar-refractivity contribution in [2.75, 3.05) is 13.1 Å². The number of nitrogens with zero attached hydrogens (tertiary/aromatic N) is 1. The molecule has 0 aliphatic carbocycles. The van der Waals surface area contributed by atoms with E-state index in [2.05, 4.69) is 65.6 Å². The molecular weight excluding hydrogens is 244 g/mol. The van der Waals surface area contributed by atoms with Gasteiger partial charge < -0.3 is 5.73 Å². The fourth-order valence-corrected chi connectivity index (χ4v) is 3.08. The lowest BCUT2D eigenvalue weighted by Gasteiger charge is -2.37. The van der Waals surface area contributed by atoms with Gasteiger partial charge in [0.05, 0.1) is 0 Å². The van der Waals surface area contributed by atoms with E-state index >= 15 is 0 Å². The highest BCUT2D eigenvalue weighted by Gasteiger charge is 2.27. The molecule has 2 unspecified atom stereocenters. The van der Waals surface area contributed by atoms with Gasteiger partial charge in [-0.15, -0.1) is 0 Å². The number of piperidine rings is 1. The molecule has 0 saturated carbocycles. The van der Waals surface area contributed by atoms with Crippen molar-refractivity contribution < 1.29 is 0 Å². The maximum Gasteiger partial charge on any atom is 0.0234 e. The summed E-state index contributed by atoms with van der Waals surface area (Å²) in [4.78, 5) is 2.52. The van der Waals surface area contributed by atoms with E-state index in [1.165, 1.54) is 11.1 Å². The van der Waals surface area contributed by atoms with Crippen LogP contribution in [0.25, 0.3) is 0 Å². The molecule has 0 bridgehead atoms. The minimum absolute atomic E-state index is 0.282. The van der Waals surface area contributed by atoms with Gasteiger partial charge >= 0.3 is 0 Å². The third-order valence-electron chi connectivity index (χ3n) is 4.23. The summed E-state index contributed by atoms with van der Waals surface area (Å²) in [5, 5.41) is 0. The smallest absolute Gasteiger partial charge is 0.0234 e. The molecule has 0 aromatic heterocycles. The van der Waals surface area contributed by atoms with Gasteiger partial charge in [0.1, 0.15) is 0 Å². The standard InChI is InChI=1S/C18H22N2/c19-18-11-12-20(13-15-7-3-1-4-8-15)14-17(18)16-9-5-2-6-10-16/h1-10,17-18H,11-14,19H2. The Hall–Kier alpha value is -1.64. The van der Waals surface area contributed by atoms with Crippen LogP contribution in [0, 0.1) is 0 Å². The summed E-state index contributed by atoms with van der Waals surface area (Å²) in [6, 6.07) is 21.7. The van der Waals surface area contributed by atoms with Gasteiger partial charge in [-0.05, 0) is 17.5 Å². The van der Waals surface area contributed by atoms with Gasteiger partial charge in [0.25, 0.3) is 0 Å². The summed E-state index contributed by atoms with van der Waals surface area (Å²) in [5.41, 5.74) is 9.10. The van der Waals surface area contributed by atoms with E-state index in [4.69, 9.17) is 5.73 Å². The van der Waals surface area contributed by atoms with E-state index < -0.39 is 0 Å². The molecule has 1 saturated heterocycles. The number of hydrogen-bond acceptors (Lipinski definition) is 2. The second-order valence-electron chi connectivity index (χ2n) is 5.69. The maximum atomic E-state index is 6.34. The molecule has 2 aromatic rings. The summed E-state index contributed by atoms with van der Waals surface area (Å²) >= 11 is 0. The first-order valence-corrected chi connectivity index (χ1v) is 7.40. The number of nitrogens with two attached hydrogens (primary N) is 1. The highest BCUT2D eigenvalue weighted by atomic mass is 15.1. The molecule has 1 fully saturated rings. The molecule has 0 radical (unpaired) electrons. The lowest BCUT2D eigenvalue weighted by atomic mass is 9.86. The van der Waals surface area contributed by atoms with Crippen LogP contribution in [-0.4, -0.2) is 24.0 Å². The second-order valence-corrected chi connectivity index (χ2v) is 5.69. The summed E-state index contributed by atoms with van der Waals surface area (Å²) in [7, 11) is 0. The van der Waals surface area contributed by atoms with Gasteiger partial charge in [-0.25, -0.2) is 0 Å². The van der Waals surface area contributed by atoms with Crippen LogP contribution < -0.4 is 5.73 Å². The third kappa shape index (κ3) is 3.09. The lowest BCUT2D eigenvalue weighted by molar-refractivity contribution is 0.183. The minimum Gasteiger partial charge on any atom is -0.327 e. The van der Waals surface area contributed by atoms with Crippen LogP contribution in [0.4, 0.5) is 0 Å². The molecule has 3 rings (SSSR count). The molecular formula is C18H22N2. The van der Waals surface area contributed by atoms with Crippen LogP contribution in [0.3, 0.4) is 0 Å². The molecule has 2 atom stereocenters. The Morgan fingerprint density at radius 1 is 0.950 bits per heavy atom. The summed E-state index contributed by atoms with van der Waals surface area (Å²) < 4.78 is 0. The average Bonchev–Trinajstić information content (AvgIpc) is 2.51. The Morgan fingerprint density at radius 3 is 2.30 bits per heavy atom. The Balaban J connectivity index is 1.70. The first-order chi connectivity index (χ1) is 9.83. The van der Waals surface area contributed by atoms with Crippen molar-refractivity contribution in [3.05, 3.63) is 71.8 Å². The van der Waals surface area contributed by atoms with E-state index in [0.29, 0.717) is 5.92 Å². The predicted molar refractivity (Wildman–Crippen MR) is 83.5 cm³/mol. The van der Waals surface area contributed by atoms with Crippen molar-refractivity contribution >= 4 is 0 Å². The van der Waals surface area contributed by atoms with E-state index in [0.717, 1.165) is 26.1 Å². The predicted octanol–water partition coefficient (Wildman–Crippen LogP) is 3.00. The molecule has 2 heteroatoms. The van der Waals surface area contributed by atoms with Crippen molar-refractivity contribution in [2.24, 2.45) is 5.73 Å². The number of benzene rings is 2. The van der Waals surface area contributed by atoms with Gasteiger partial charge in [-0.2, -0.15) is 0 Å². The Bertz CT molecular complexity index is 524. The number of rotatable bonds is 3. The first kappa shape index (κ1) is 13.3. The third-order valence-corrected chi connectivity index (χ3v) is 4.23. The van der Waals surface area contributed by atoms with Gasteiger partial charge in [-0.1, -0.05) is 60.7 Å². The zero-order valence-electron chi connectivity index (χ0n) is 11.8. The molecule has 0 amide bonds. The SMILES string of the molecule is NC1CCN(Cc2ccccc2)CC1c1ccccc1.